The smallest absolute Gasteiger partial charge is 0.308 e. The first-order valence-electron chi connectivity index (χ1n) is 17.2. The summed E-state index contributed by atoms with van der Waals surface area (Å²) in [6.45, 7) is 20.7. The van der Waals surface area contributed by atoms with E-state index in [1.165, 1.54) is 12.5 Å². The number of ether oxygens (including phenoxy) is 4. The summed E-state index contributed by atoms with van der Waals surface area (Å²) < 4.78 is 26.9. The average Bonchev–Trinajstić information content (AvgIpc) is 3.15. The molecule has 0 aromatic heterocycles. The summed E-state index contributed by atoms with van der Waals surface area (Å²) in [6, 6.07) is 0. The fourth-order valence-corrected chi connectivity index (χ4v) is 8.44. The van der Waals surface area contributed by atoms with Crippen LogP contribution in [0.4, 0.5) is 0 Å². The van der Waals surface area contributed by atoms with Crippen LogP contribution in [0.15, 0.2) is 65.0 Å². The lowest BCUT2D eigenvalue weighted by molar-refractivity contribution is -0.171. The summed E-state index contributed by atoms with van der Waals surface area (Å²) in [7, 11) is 0. The molecule has 1 unspecified atom stereocenters. The van der Waals surface area contributed by atoms with Crippen LogP contribution in [0.3, 0.4) is 0 Å². The molecule has 2 fully saturated rings. The molecule has 4 bridgehead atoms. The van der Waals surface area contributed by atoms with Crippen molar-refractivity contribution in [3.63, 3.8) is 0 Å². The minimum Gasteiger partial charge on any atom is -0.508 e. The Hall–Kier alpha value is -4.17. The monoisotopic (exact) mass is 668 g/mol. The lowest BCUT2D eigenvalue weighted by atomic mass is 9.51. The molecule has 3 heterocycles. The van der Waals surface area contributed by atoms with E-state index in [0.717, 1.165) is 12.0 Å². The van der Waals surface area contributed by atoms with E-state index in [-0.39, 0.29) is 46.7 Å². The quantitative estimate of drug-likeness (QED) is 0.0918. The summed E-state index contributed by atoms with van der Waals surface area (Å²) in [5.41, 5.74) is -0.145. The third-order valence-corrected chi connectivity index (χ3v) is 10.8. The van der Waals surface area contributed by atoms with E-state index in [1.54, 1.807) is 19.1 Å². The average molecular weight is 669 g/mol. The number of carbonyl (C=O) groups excluding carboxylic acids is 3. The molecule has 8 nitrogen and oxygen atoms in total. The molecule has 7 rings (SSSR count). The van der Waals surface area contributed by atoms with Gasteiger partial charge in [-0.3, -0.25) is 14.4 Å². The Bertz CT molecular complexity index is 1840. The number of ketones is 2. The molecule has 1 spiro atoms. The predicted octanol–water partition coefficient (Wildman–Crippen LogP) is 8.45. The van der Waals surface area contributed by atoms with Crippen LogP contribution in [0.2, 0.25) is 0 Å². The number of fused-ring (bicyclic) bond motifs is 2. The van der Waals surface area contributed by atoms with Gasteiger partial charge in [0.2, 0.25) is 0 Å². The summed E-state index contributed by atoms with van der Waals surface area (Å²) in [5.74, 6) is -1.32. The first-order chi connectivity index (χ1) is 22.9. The normalized spacial score (nSPS) is 29.9. The minimum atomic E-state index is -1.55. The van der Waals surface area contributed by atoms with Crippen molar-refractivity contribution >= 4 is 23.6 Å². The molecule has 1 aromatic rings. The summed E-state index contributed by atoms with van der Waals surface area (Å²) in [6.07, 6.45) is 13.9. The largest absolute Gasteiger partial charge is 0.508 e. The maximum Gasteiger partial charge on any atom is 0.308 e. The lowest BCUT2D eigenvalue weighted by Gasteiger charge is -2.56. The maximum atomic E-state index is 15.1. The molecule has 0 amide bonds. The molecule has 6 aliphatic rings. The second kappa shape index (κ2) is 11.7. The van der Waals surface area contributed by atoms with Gasteiger partial charge in [-0.25, -0.2) is 0 Å². The number of carbonyl (C=O) groups is 3. The number of hydrogen-bond donors (Lipinski definition) is 1. The molecule has 0 radical (unpaired) electrons. The fraction of sp³-hybridized carbons (Fsp3) is 0.488. The highest BCUT2D eigenvalue weighted by atomic mass is 16.6. The number of hydrogen-bond acceptors (Lipinski definition) is 8. The molecule has 49 heavy (non-hydrogen) atoms. The Morgan fingerprint density at radius 2 is 1.71 bits per heavy atom. The van der Waals surface area contributed by atoms with E-state index in [1.807, 2.05) is 52.8 Å². The highest BCUT2D eigenvalue weighted by Gasteiger charge is 2.81. The van der Waals surface area contributed by atoms with E-state index in [4.69, 9.17) is 18.9 Å². The molecule has 3 aliphatic carbocycles. The van der Waals surface area contributed by atoms with E-state index < -0.39 is 34.3 Å². The highest BCUT2D eigenvalue weighted by molar-refractivity contribution is 6.19. The molecular weight excluding hydrogens is 620 g/mol. The van der Waals surface area contributed by atoms with Crippen molar-refractivity contribution in [1.82, 2.24) is 0 Å². The molecule has 1 saturated carbocycles. The van der Waals surface area contributed by atoms with Crippen molar-refractivity contribution < 1.29 is 38.4 Å². The van der Waals surface area contributed by atoms with Gasteiger partial charge in [-0.1, -0.05) is 42.0 Å². The zero-order valence-electron chi connectivity index (χ0n) is 30.2. The number of aliphatic hydroxyl groups is 1. The van der Waals surface area contributed by atoms with Crippen molar-refractivity contribution in [3.8, 4) is 17.2 Å². The SMILES string of the molecule is C=C(O)/C(C)=C/CC12OC(C)(C)[C@@H]3C[C@@H](C=C4C(=O)c5c(OC(C)=O)c6c(c(CC=C(C)C)c5O[C@]431)O[C@](C)(CCC=C(C)C)C=C6)C2=O. The van der Waals surface area contributed by atoms with Crippen LogP contribution in [0.1, 0.15) is 109 Å². The van der Waals surface area contributed by atoms with Gasteiger partial charge < -0.3 is 24.1 Å². The molecular formula is C41H48O8. The van der Waals surface area contributed by atoms with Crippen LogP contribution in [0.5, 0.6) is 17.2 Å². The standard InChI is InChI=1S/C41H48O8/c1-22(2)12-11-17-39(10)18-16-29-34(47-39)28(14-13-23(3)4)36-32(35(29)46-26(7)43)33(44)30-20-27-21-31-38(8,9)49-40(37(27)45,41(30,31)48-36)19-15-24(5)25(6)42/h12-13,15-16,18,20,27,31,42H,6,11,14,17,19,21H2,1-5,7-10H3/b24-15+/t27-,31+,39-,40?,41-/m1/s1. The number of allylic oxidation sites excluding steroid dienone is 6. The van der Waals surface area contributed by atoms with Crippen molar-refractivity contribution in [1.29, 1.82) is 0 Å². The van der Waals surface area contributed by atoms with Crippen LogP contribution in [0, 0.1) is 11.8 Å². The predicted molar refractivity (Wildman–Crippen MR) is 188 cm³/mol. The van der Waals surface area contributed by atoms with E-state index >= 15 is 4.79 Å². The van der Waals surface area contributed by atoms with E-state index in [2.05, 4.69) is 26.5 Å². The third-order valence-electron chi connectivity index (χ3n) is 10.8. The number of benzene rings is 1. The highest BCUT2D eigenvalue weighted by Crippen LogP contribution is 2.68. The first-order valence-corrected chi connectivity index (χ1v) is 17.2. The molecule has 1 N–H and O–H groups in total. The fourth-order valence-electron chi connectivity index (χ4n) is 8.44. The van der Waals surface area contributed by atoms with Gasteiger partial charge >= 0.3 is 5.97 Å². The van der Waals surface area contributed by atoms with Gasteiger partial charge in [-0.2, -0.15) is 0 Å². The van der Waals surface area contributed by atoms with E-state index in [9.17, 15) is 14.7 Å². The number of esters is 1. The maximum absolute atomic E-state index is 15.1. The summed E-state index contributed by atoms with van der Waals surface area (Å²) in [5, 5.41) is 10.1. The van der Waals surface area contributed by atoms with Gasteiger partial charge in [0.15, 0.2) is 28.5 Å². The zero-order chi connectivity index (χ0) is 35.8. The molecule has 8 heteroatoms. The van der Waals surface area contributed by atoms with Crippen molar-refractivity contribution in [2.24, 2.45) is 11.8 Å². The summed E-state index contributed by atoms with van der Waals surface area (Å²) in [4.78, 5) is 42.3. The molecule has 1 aromatic carbocycles. The van der Waals surface area contributed by atoms with E-state index in [0.29, 0.717) is 47.3 Å². The van der Waals surface area contributed by atoms with Crippen LogP contribution in [-0.2, 0) is 20.7 Å². The van der Waals surface area contributed by atoms with Crippen LogP contribution < -0.4 is 14.2 Å². The van der Waals surface area contributed by atoms with Crippen LogP contribution in [0.25, 0.3) is 6.08 Å². The van der Waals surface area contributed by atoms with Crippen LogP contribution >= 0.6 is 0 Å². The third kappa shape index (κ3) is 5.25. The van der Waals surface area contributed by atoms with Crippen molar-refractivity contribution in [2.75, 3.05) is 0 Å². The number of aliphatic hydroxyl groups excluding tert-OH is 1. The number of Topliss-reactive ketones (excluding diaryl/α,β-unsaturated/α-hetero) is 2. The Labute approximate surface area is 289 Å². The minimum absolute atomic E-state index is 0.0698. The van der Waals surface area contributed by atoms with Gasteiger partial charge in [0.05, 0.1) is 11.2 Å². The van der Waals surface area contributed by atoms with Crippen molar-refractivity contribution in [3.05, 3.63) is 81.7 Å². The molecule has 260 valence electrons. The van der Waals surface area contributed by atoms with Gasteiger partial charge in [0, 0.05) is 36.3 Å². The second-order valence-corrected chi connectivity index (χ2v) is 15.5. The lowest BCUT2D eigenvalue weighted by Crippen LogP contribution is -2.72. The second-order valence-electron chi connectivity index (χ2n) is 15.5. The zero-order valence-corrected chi connectivity index (χ0v) is 30.2. The first kappa shape index (κ1) is 34.7. The van der Waals surface area contributed by atoms with Gasteiger partial charge in [0.1, 0.15) is 28.4 Å². The Morgan fingerprint density at radius 3 is 2.35 bits per heavy atom. The molecule has 5 atom stereocenters. The van der Waals surface area contributed by atoms with Crippen LogP contribution in [-0.4, -0.2) is 45.0 Å². The van der Waals surface area contributed by atoms with Gasteiger partial charge in [0.25, 0.3) is 0 Å². The topological polar surface area (TPSA) is 108 Å². The Morgan fingerprint density at radius 1 is 1.02 bits per heavy atom. The van der Waals surface area contributed by atoms with Gasteiger partial charge in [-0.05, 0) is 98.8 Å². The Balaban J connectivity index is 1.64. The molecule has 3 aliphatic heterocycles. The number of rotatable bonds is 9. The molecule has 1 saturated heterocycles. The Kier molecular flexibility index (Phi) is 8.30. The van der Waals surface area contributed by atoms with Gasteiger partial charge in [-0.15, -0.1) is 0 Å². The van der Waals surface area contributed by atoms with Crippen molar-refractivity contribution in [2.45, 2.75) is 117 Å². The summed E-state index contributed by atoms with van der Waals surface area (Å²) >= 11 is 0.